The molecule has 0 saturated carbocycles. The highest BCUT2D eigenvalue weighted by atomic mass is 19.1. The summed E-state index contributed by atoms with van der Waals surface area (Å²) in [4.78, 5) is 26.5. The van der Waals surface area contributed by atoms with E-state index in [0.29, 0.717) is 23.4 Å². The average molecular weight is 372 g/mol. The summed E-state index contributed by atoms with van der Waals surface area (Å²) in [7, 11) is 2.76. The molecule has 5 nitrogen and oxygen atoms in total. The first-order valence-electron chi connectivity index (χ1n) is 8.34. The predicted molar refractivity (Wildman–Crippen MR) is 99.3 cm³/mol. The number of fused-ring (bicyclic) bond motifs is 1. The van der Waals surface area contributed by atoms with Crippen molar-refractivity contribution in [3.05, 3.63) is 69.5 Å². The van der Waals surface area contributed by atoms with E-state index in [2.05, 4.69) is 0 Å². The van der Waals surface area contributed by atoms with Gasteiger partial charge in [0.05, 0.1) is 11.2 Å². The van der Waals surface area contributed by atoms with Crippen LogP contribution in [0.3, 0.4) is 0 Å². The van der Waals surface area contributed by atoms with Gasteiger partial charge in [-0.25, -0.2) is 8.78 Å². The molecule has 0 spiro atoms. The minimum absolute atomic E-state index is 0.202. The number of pyridine rings is 1. The van der Waals surface area contributed by atoms with Gasteiger partial charge in [-0.3, -0.25) is 9.59 Å². The van der Waals surface area contributed by atoms with Crippen LogP contribution < -0.4 is 10.5 Å². The topological polar surface area (TPSA) is 62.5 Å². The molecule has 0 aliphatic carbocycles. The third kappa shape index (κ3) is 2.95. The van der Waals surface area contributed by atoms with Gasteiger partial charge in [-0.05, 0) is 30.2 Å². The van der Waals surface area contributed by atoms with Gasteiger partial charge in [0.15, 0.2) is 0 Å². The Morgan fingerprint density at radius 3 is 2.56 bits per heavy atom. The Morgan fingerprint density at radius 1 is 1.22 bits per heavy atom. The molecule has 0 aliphatic heterocycles. The van der Waals surface area contributed by atoms with Crippen molar-refractivity contribution in [1.29, 1.82) is 0 Å². The summed E-state index contributed by atoms with van der Waals surface area (Å²) in [5, 5.41) is 11.1. The van der Waals surface area contributed by atoms with Gasteiger partial charge >= 0.3 is 0 Å². The van der Waals surface area contributed by atoms with Gasteiger partial charge in [0.2, 0.25) is 0 Å². The van der Waals surface area contributed by atoms with Crippen molar-refractivity contribution in [3.8, 4) is 5.75 Å². The molecular weight excluding hydrogens is 354 g/mol. The number of hydrogen-bond donors (Lipinski definition) is 1. The summed E-state index contributed by atoms with van der Waals surface area (Å²) in [5.74, 6) is -3.05. The van der Waals surface area contributed by atoms with Crippen LogP contribution in [0.4, 0.5) is 14.5 Å². The molecule has 0 aliphatic rings. The molecule has 0 radical (unpaired) electrons. The summed E-state index contributed by atoms with van der Waals surface area (Å²) >= 11 is 0. The summed E-state index contributed by atoms with van der Waals surface area (Å²) in [5.41, 5.74) is -0.106. The van der Waals surface area contributed by atoms with Crippen LogP contribution >= 0.6 is 0 Å². The average Bonchev–Trinajstić information content (AvgIpc) is 2.65. The second-order valence-electron chi connectivity index (χ2n) is 6.21. The predicted octanol–water partition coefficient (Wildman–Crippen LogP) is 3.36. The van der Waals surface area contributed by atoms with Gasteiger partial charge in [0.25, 0.3) is 11.5 Å². The van der Waals surface area contributed by atoms with Gasteiger partial charge in [0, 0.05) is 25.5 Å². The summed E-state index contributed by atoms with van der Waals surface area (Å²) in [6, 6.07) is 7.99. The third-order valence-corrected chi connectivity index (χ3v) is 4.65. The number of rotatable bonds is 3. The van der Waals surface area contributed by atoms with Crippen molar-refractivity contribution in [2.45, 2.75) is 13.3 Å². The second kappa shape index (κ2) is 6.83. The van der Waals surface area contributed by atoms with Crippen LogP contribution in [0, 0.1) is 11.6 Å². The molecule has 0 atom stereocenters. The van der Waals surface area contributed by atoms with E-state index < -0.39 is 34.4 Å². The van der Waals surface area contributed by atoms with Crippen LogP contribution in [0.1, 0.15) is 22.8 Å². The Labute approximate surface area is 154 Å². The molecular formula is C20H18F2N2O3. The fraction of sp³-hybridized carbons (Fsp3) is 0.200. The maximum atomic E-state index is 14.0. The molecule has 0 fully saturated rings. The van der Waals surface area contributed by atoms with Gasteiger partial charge in [-0.1, -0.05) is 19.1 Å². The maximum absolute atomic E-state index is 14.0. The van der Waals surface area contributed by atoms with Crippen molar-refractivity contribution >= 4 is 22.5 Å². The molecule has 0 saturated heterocycles. The van der Waals surface area contributed by atoms with E-state index >= 15 is 0 Å². The number of benzene rings is 2. The van der Waals surface area contributed by atoms with E-state index in [9.17, 15) is 23.5 Å². The quantitative estimate of drug-likeness (QED) is 0.767. The lowest BCUT2D eigenvalue weighted by molar-refractivity contribution is 0.0988. The first-order valence-corrected chi connectivity index (χ1v) is 8.34. The van der Waals surface area contributed by atoms with Crippen LogP contribution in [0.25, 0.3) is 10.9 Å². The minimum atomic E-state index is -0.947. The maximum Gasteiger partial charge on any atom is 0.267 e. The number of carbonyl (C=O) groups excluding carboxylic acids is 1. The minimum Gasteiger partial charge on any atom is -0.506 e. The fourth-order valence-electron chi connectivity index (χ4n) is 3.16. The van der Waals surface area contributed by atoms with Crippen LogP contribution in [0.2, 0.25) is 0 Å². The SMILES string of the molecule is CCc1cccc2c1c(O)c(C(=O)N(C)c1ccc(F)cc1F)c(=O)n2C. The Morgan fingerprint density at radius 2 is 1.93 bits per heavy atom. The molecule has 2 aromatic carbocycles. The van der Waals surface area contributed by atoms with Gasteiger partial charge in [-0.2, -0.15) is 0 Å². The smallest absolute Gasteiger partial charge is 0.267 e. The molecule has 3 aromatic rings. The van der Waals surface area contributed by atoms with Crippen LogP contribution in [-0.4, -0.2) is 22.6 Å². The lowest BCUT2D eigenvalue weighted by Gasteiger charge is -2.20. The molecule has 140 valence electrons. The van der Waals surface area contributed by atoms with E-state index in [1.54, 1.807) is 18.2 Å². The number of halogens is 2. The lowest BCUT2D eigenvalue weighted by Crippen LogP contribution is -2.34. The zero-order valence-corrected chi connectivity index (χ0v) is 15.1. The molecule has 1 heterocycles. The zero-order valence-electron chi connectivity index (χ0n) is 15.1. The van der Waals surface area contributed by atoms with Gasteiger partial charge in [0.1, 0.15) is 22.9 Å². The number of aromatic nitrogens is 1. The number of amides is 1. The standard InChI is InChI=1S/C20H18F2N2O3/c1-4-11-6-5-7-15-16(11)18(25)17(20(27)24(15)3)19(26)23(2)14-9-8-12(21)10-13(14)22/h5-10,25H,4H2,1-3H3. The molecule has 3 rings (SSSR count). The number of aromatic hydroxyl groups is 1. The Hall–Kier alpha value is -3.22. The van der Waals surface area contributed by atoms with Crippen LogP contribution in [0.15, 0.2) is 41.2 Å². The van der Waals surface area contributed by atoms with Crippen molar-refractivity contribution < 1.29 is 18.7 Å². The highest BCUT2D eigenvalue weighted by Gasteiger charge is 2.26. The number of anilines is 1. The summed E-state index contributed by atoms with van der Waals surface area (Å²) in [6.45, 7) is 1.89. The largest absolute Gasteiger partial charge is 0.506 e. The Bertz CT molecular complexity index is 1120. The number of nitrogens with zero attached hydrogens (tertiary/aromatic N) is 2. The van der Waals surface area contributed by atoms with E-state index in [0.717, 1.165) is 22.6 Å². The normalized spacial score (nSPS) is 11.0. The molecule has 0 bridgehead atoms. The Balaban J connectivity index is 2.24. The van der Waals surface area contributed by atoms with E-state index in [1.807, 2.05) is 6.92 Å². The second-order valence-corrected chi connectivity index (χ2v) is 6.21. The van der Waals surface area contributed by atoms with Crippen molar-refractivity contribution in [1.82, 2.24) is 4.57 Å². The first-order chi connectivity index (χ1) is 12.8. The van der Waals surface area contributed by atoms with Crippen molar-refractivity contribution in [3.63, 3.8) is 0 Å². The Kier molecular flexibility index (Phi) is 4.70. The van der Waals surface area contributed by atoms with Gasteiger partial charge < -0.3 is 14.6 Å². The van der Waals surface area contributed by atoms with E-state index in [4.69, 9.17) is 0 Å². The molecule has 1 amide bonds. The van der Waals surface area contributed by atoms with Crippen molar-refractivity contribution in [2.24, 2.45) is 7.05 Å². The third-order valence-electron chi connectivity index (χ3n) is 4.65. The molecule has 7 heteroatoms. The van der Waals surface area contributed by atoms with Crippen LogP contribution in [-0.2, 0) is 13.5 Å². The zero-order chi connectivity index (χ0) is 19.9. The first kappa shape index (κ1) is 18.6. The molecule has 0 unspecified atom stereocenters. The van der Waals surface area contributed by atoms with E-state index in [1.165, 1.54) is 18.7 Å². The fourth-order valence-corrected chi connectivity index (χ4v) is 3.16. The summed E-state index contributed by atoms with van der Waals surface area (Å²) < 4.78 is 28.5. The van der Waals surface area contributed by atoms with Crippen LogP contribution in [0.5, 0.6) is 5.75 Å². The monoisotopic (exact) mass is 372 g/mol. The lowest BCUT2D eigenvalue weighted by atomic mass is 10.0. The highest BCUT2D eigenvalue weighted by Crippen LogP contribution is 2.31. The number of hydrogen-bond acceptors (Lipinski definition) is 3. The molecule has 1 N–H and O–H groups in total. The number of aryl methyl sites for hydroxylation is 2. The summed E-state index contributed by atoms with van der Waals surface area (Å²) in [6.07, 6.45) is 0.583. The number of carbonyl (C=O) groups is 1. The highest BCUT2D eigenvalue weighted by molar-refractivity contribution is 6.10. The van der Waals surface area contributed by atoms with Crippen molar-refractivity contribution in [2.75, 3.05) is 11.9 Å². The van der Waals surface area contributed by atoms with E-state index in [-0.39, 0.29) is 5.69 Å². The molecule has 1 aromatic heterocycles. The molecule has 27 heavy (non-hydrogen) atoms. The van der Waals surface area contributed by atoms with Gasteiger partial charge in [-0.15, -0.1) is 0 Å².